The lowest BCUT2D eigenvalue weighted by Crippen LogP contribution is -2.13. The SMILES string of the molecule is CC(=O)Oc1c(C)n(C(=O)c2csc(SC(F)(F)F)c2)c2ccc(O)c(Cl)c12. The van der Waals surface area contributed by atoms with E-state index in [4.69, 9.17) is 16.3 Å². The molecule has 0 amide bonds. The molecule has 3 aromatic rings. The number of phenolic OH excluding ortho intramolecular Hbond substituents is 1. The Labute approximate surface area is 169 Å². The average Bonchev–Trinajstić information content (AvgIpc) is 3.12. The molecular formula is C17H11ClF3NO4S2. The van der Waals surface area contributed by atoms with Gasteiger partial charge < -0.3 is 9.84 Å². The van der Waals surface area contributed by atoms with E-state index in [0.29, 0.717) is 0 Å². The van der Waals surface area contributed by atoms with Crippen LogP contribution in [0.2, 0.25) is 5.02 Å². The third kappa shape index (κ3) is 3.85. The van der Waals surface area contributed by atoms with Crippen LogP contribution >= 0.6 is 34.7 Å². The van der Waals surface area contributed by atoms with Gasteiger partial charge in [-0.05, 0) is 36.9 Å². The molecule has 1 aromatic carbocycles. The molecule has 0 radical (unpaired) electrons. The highest BCUT2D eigenvalue weighted by Gasteiger charge is 2.31. The Balaban J connectivity index is 2.15. The van der Waals surface area contributed by atoms with E-state index >= 15 is 0 Å². The van der Waals surface area contributed by atoms with Crippen LogP contribution in [0.25, 0.3) is 10.9 Å². The number of carbonyl (C=O) groups excluding carboxylic acids is 2. The number of benzene rings is 1. The van der Waals surface area contributed by atoms with E-state index in [1.54, 1.807) is 0 Å². The molecule has 0 saturated carbocycles. The summed E-state index contributed by atoms with van der Waals surface area (Å²) in [6, 6.07) is 3.82. The summed E-state index contributed by atoms with van der Waals surface area (Å²) in [7, 11) is 0. The molecule has 0 aliphatic heterocycles. The van der Waals surface area contributed by atoms with Gasteiger partial charge in [0.1, 0.15) is 5.75 Å². The Morgan fingerprint density at radius 2 is 2.00 bits per heavy atom. The summed E-state index contributed by atoms with van der Waals surface area (Å²) in [5.74, 6) is -1.55. The molecule has 0 saturated heterocycles. The lowest BCUT2D eigenvalue weighted by Gasteiger charge is -2.06. The number of esters is 1. The van der Waals surface area contributed by atoms with E-state index in [2.05, 4.69) is 0 Å². The van der Waals surface area contributed by atoms with Gasteiger partial charge in [-0.1, -0.05) is 11.6 Å². The van der Waals surface area contributed by atoms with E-state index in [1.807, 2.05) is 0 Å². The number of aromatic hydroxyl groups is 1. The zero-order chi connectivity index (χ0) is 20.8. The first-order valence-corrected chi connectivity index (χ1v) is 9.67. The molecule has 1 N–H and O–H groups in total. The van der Waals surface area contributed by atoms with Gasteiger partial charge in [0.15, 0.2) is 5.75 Å². The van der Waals surface area contributed by atoms with Crippen LogP contribution in [-0.4, -0.2) is 27.1 Å². The van der Waals surface area contributed by atoms with E-state index in [-0.39, 0.29) is 54.7 Å². The summed E-state index contributed by atoms with van der Waals surface area (Å²) in [4.78, 5) is 24.4. The van der Waals surface area contributed by atoms with Crippen molar-refractivity contribution in [1.82, 2.24) is 4.57 Å². The van der Waals surface area contributed by atoms with Gasteiger partial charge in [-0.15, -0.1) is 11.3 Å². The van der Waals surface area contributed by atoms with Crippen molar-refractivity contribution in [3.63, 3.8) is 0 Å². The summed E-state index contributed by atoms with van der Waals surface area (Å²) in [6.07, 6.45) is 0. The van der Waals surface area contributed by atoms with Crippen molar-refractivity contribution in [1.29, 1.82) is 0 Å². The normalized spacial score (nSPS) is 11.8. The van der Waals surface area contributed by atoms with E-state index in [0.717, 1.165) is 17.4 Å². The van der Waals surface area contributed by atoms with Crippen LogP contribution in [0.1, 0.15) is 23.0 Å². The first kappa shape index (κ1) is 20.6. The summed E-state index contributed by atoms with van der Waals surface area (Å²) >= 11 is 6.62. The van der Waals surface area contributed by atoms with Crippen molar-refractivity contribution < 1.29 is 32.6 Å². The molecular weight excluding hydrogens is 439 g/mol. The van der Waals surface area contributed by atoms with Crippen LogP contribution in [0.5, 0.6) is 11.5 Å². The zero-order valence-electron chi connectivity index (χ0n) is 14.3. The number of hydrogen-bond donors (Lipinski definition) is 1. The molecule has 2 aromatic heterocycles. The van der Waals surface area contributed by atoms with Crippen LogP contribution in [-0.2, 0) is 4.79 Å². The second-order valence-corrected chi connectivity index (χ2v) is 8.30. The molecule has 0 fully saturated rings. The van der Waals surface area contributed by atoms with E-state index in [1.165, 1.54) is 35.9 Å². The van der Waals surface area contributed by atoms with Crippen molar-refractivity contribution in [2.45, 2.75) is 23.6 Å². The van der Waals surface area contributed by atoms with Crippen molar-refractivity contribution >= 4 is 57.5 Å². The summed E-state index contributed by atoms with van der Waals surface area (Å²) in [6.45, 7) is 2.67. The first-order valence-electron chi connectivity index (χ1n) is 7.59. The molecule has 0 aliphatic carbocycles. The summed E-state index contributed by atoms with van der Waals surface area (Å²) in [5.41, 5.74) is -3.96. The number of rotatable bonds is 3. The smallest absolute Gasteiger partial charge is 0.447 e. The molecule has 0 atom stereocenters. The molecule has 5 nitrogen and oxygen atoms in total. The van der Waals surface area contributed by atoms with E-state index in [9.17, 15) is 27.9 Å². The first-order chi connectivity index (χ1) is 13.0. The monoisotopic (exact) mass is 449 g/mol. The minimum Gasteiger partial charge on any atom is -0.506 e. The van der Waals surface area contributed by atoms with Crippen molar-refractivity contribution in [2.75, 3.05) is 0 Å². The Hall–Kier alpha value is -2.17. The molecule has 28 heavy (non-hydrogen) atoms. The fraction of sp³-hybridized carbons (Fsp3) is 0.176. The second-order valence-electron chi connectivity index (χ2n) is 5.64. The van der Waals surface area contributed by atoms with Gasteiger partial charge in [-0.2, -0.15) is 13.2 Å². The number of hydrogen-bond acceptors (Lipinski definition) is 6. The third-order valence-electron chi connectivity index (χ3n) is 3.72. The largest absolute Gasteiger partial charge is 0.506 e. The maximum atomic E-state index is 13.0. The number of phenols is 1. The number of fused-ring (bicyclic) bond motifs is 1. The Kier molecular flexibility index (Phi) is 5.39. The number of alkyl halides is 3. The summed E-state index contributed by atoms with van der Waals surface area (Å²) < 4.78 is 43.9. The number of carbonyl (C=O) groups is 2. The molecule has 2 heterocycles. The number of thiophene rings is 1. The van der Waals surface area contributed by atoms with Gasteiger partial charge in [0.2, 0.25) is 0 Å². The predicted molar refractivity (Wildman–Crippen MR) is 101 cm³/mol. The van der Waals surface area contributed by atoms with Crippen LogP contribution in [0, 0.1) is 6.92 Å². The number of thioether (sulfide) groups is 1. The maximum Gasteiger partial charge on any atom is 0.447 e. The topological polar surface area (TPSA) is 68.5 Å². The average molecular weight is 450 g/mol. The highest BCUT2D eigenvalue weighted by molar-refractivity contribution is 8.01. The molecule has 0 spiro atoms. The highest BCUT2D eigenvalue weighted by atomic mass is 35.5. The third-order valence-corrected chi connectivity index (χ3v) is 5.91. The second kappa shape index (κ2) is 7.34. The zero-order valence-corrected chi connectivity index (χ0v) is 16.6. The van der Waals surface area contributed by atoms with Crippen molar-refractivity contribution in [3.05, 3.63) is 39.9 Å². The fourth-order valence-electron chi connectivity index (χ4n) is 2.68. The Morgan fingerprint density at radius 3 is 2.61 bits per heavy atom. The van der Waals surface area contributed by atoms with Gasteiger partial charge in [-0.3, -0.25) is 14.2 Å². The van der Waals surface area contributed by atoms with E-state index < -0.39 is 17.4 Å². The van der Waals surface area contributed by atoms with Gasteiger partial charge in [0.05, 0.1) is 31.4 Å². The fourth-order valence-corrected chi connectivity index (χ4v) is 4.56. The van der Waals surface area contributed by atoms with Crippen LogP contribution < -0.4 is 4.74 Å². The minimum absolute atomic E-state index is 0.00290. The van der Waals surface area contributed by atoms with Gasteiger partial charge in [0, 0.05) is 12.3 Å². The molecule has 0 unspecified atom stereocenters. The lowest BCUT2D eigenvalue weighted by atomic mass is 10.2. The minimum atomic E-state index is -4.46. The van der Waals surface area contributed by atoms with Crippen molar-refractivity contribution in [3.8, 4) is 11.5 Å². The Bertz CT molecular complexity index is 1100. The molecule has 11 heteroatoms. The summed E-state index contributed by atoms with van der Waals surface area (Å²) in [5, 5.41) is 11.2. The molecule has 0 aliphatic rings. The molecule has 0 bridgehead atoms. The predicted octanol–water partition coefficient (Wildman–Crippen LogP) is 5.60. The maximum absolute atomic E-state index is 13.0. The van der Waals surface area contributed by atoms with Crippen LogP contribution in [0.4, 0.5) is 13.2 Å². The molecule has 3 rings (SSSR count). The number of aromatic nitrogens is 1. The lowest BCUT2D eigenvalue weighted by molar-refractivity contribution is -0.131. The van der Waals surface area contributed by atoms with Gasteiger partial charge in [0.25, 0.3) is 5.91 Å². The van der Waals surface area contributed by atoms with Crippen LogP contribution in [0.15, 0.2) is 27.8 Å². The highest BCUT2D eigenvalue weighted by Crippen LogP contribution is 2.43. The van der Waals surface area contributed by atoms with Gasteiger partial charge in [-0.25, -0.2) is 0 Å². The van der Waals surface area contributed by atoms with Crippen molar-refractivity contribution in [2.24, 2.45) is 0 Å². The van der Waals surface area contributed by atoms with Crippen LogP contribution in [0.3, 0.4) is 0 Å². The number of ether oxygens (including phenoxy) is 1. The quantitative estimate of drug-likeness (QED) is 0.416. The Morgan fingerprint density at radius 1 is 1.32 bits per heavy atom. The number of nitrogens with zero attached hydrogens (tertiary/aromatic N) is 1. The van der Waals surface area contributed by atoms with Gasteiger partial charge >= 0.3 is 11.5 Å². The number of halogens is 4. The molecule has 148 valence electrons. The standard InChI is InChI=1S/C17H11ClF3NO4S2/c1-7-15(26-8(2)23)13-10(3-4-11(24)14(13)18)22(7)16(25)9-5-12(27-6-9)28-17(19,20)21/h3-6,24H,1-2H3.